The second-order valence-corrected chi connectivity index (χ2v) is 6.58. The zero-order valence-corrected chi connectivity index (χ0v) is 14.2. The quantitative estimate of drug-likeness (QED) is 0.797. The Morgan fingerprint density at radius 2 is 2.05 bits per heavy atom. The van der Waals surface area contributed by atoms with E-state index in [0.717, 1.165) is 42.9 Å². The number of aryl methyl sites for hydroxylation is 1. The first-order valence-corrected chi connectivity index (χ1v) is 9.00. The molecule has 22 heavy (non-hydrogen) atoms. The highest BCUT2D eigenvalue weighted by Gasteiger charge is 2.21. The zero-order chi connectivity index (χ0) is 16.1. The maximum Gasteiger partial charge on any atom is 0.326 e. The van der Waals surface area contributed by atoms with Crippen LogP contribution in [0.3, 0.4) is 0 Å². The van der Waals surface area contributed by atoms with Crippen molar-refractivity contribution in [2.24, 2.45) is 0 Å². The SMILES string of the molecule is CSCC[C@H](Nc1nc(N2CCCC2)nc(C)c1C)C(=O)O. The van der Waals surface area contributed by atoms with Crippen LogP contribution in [0.1, 0.15) is 30.5 Å². The van der Waals surface area contributed by atoms with E-state index in [2.05, 4.69) is 20.2 Å². The van der Waals surface area contributed by atoms with Crippen LogP contribution in [0.4, 0.5) is 11.8 Å². The Hall–Kier alpha value is -1.50. The number of carbonyl (C=O) groups is 1. The molecule has 7 heteroatoms. The van der Waals surface area contributed by atoms with Gasteiger partial charge in [0, 0.05) is 24.3 Å². The van der Waals surface area contributed by atoms with E-state index in [-0.39, 0.29) is 0 Å². The van der Waals surface area contributed by atoms with E-state index in [1.165, 1.54) is 0 Å². The third-order valence-corrected chi connectivity index (χ3v) is 4.63. The summed E-state index contributed by atoms with van der Waals surface area (Å²) in [5.41, 5.74) is 1.81. The molecule has 2 rings (SSSR count). The molecule has 0 bridgehead atoms. The van der Waals surface area contributed by atoms with Crippen LogP contribution in [0.15, 0.2) is 0 Å². The standard InChI is InChI=1S/C15H24N4O2S/c1-10-11(2)16-15(19-7-4-5-8-19)18-13(10)17-12(14(20)21)6-9-22-3/h12H,4-9H2,1-3H3,(H,20,21)(H,16,17,18)/t12-/m0/s1. The molecule has 0 aliphatic carbocycles. The molecular formula is C15H24N4O2S. The van der Waals surface area contributed by atoms with E-state index in [9.17, 15) is 9.90 Å². The predicted molar refractivity (Wildman–Crippen MR) is 91.0 cm³/mol. The van der Waals surface area contributed by atoms with Gasteiger partial charge in [0.15, 0.2) is 0 Å². The van der Waals surface area contributed by atoms with E-state index < -0.39 is 12.0 Å². The first-order chi connectivity index (χ1) is 10.5. The van der Waals surface area contributed by atoms with Crippen LogP contribution in [-0.2, 0) is 4.79 Å². The monoisotopic (exact) mass is 324 g/mol. The molecule has 1 atom stereocenters. The second-order valence-electron chi connectivity index (χ2n) is 5.59. The fourth-order valence-corrected chi connectivity index (χ4v) is 2.94. The van der Waals surface area contributed by atoms with Gasteiger partial charge in [0.25, 0.3) is 0 Å². The molecular weight excluding hydrogens is 300 g/mol. The summed E-state index contributed by atoms with van der Waals surface area (Å²) in [5, 5.41) is 12.5. The summed E-state index contributed by atoms with van der Waals surface area (Å²) in [4.78, 5) is 22.7. The van der Waals surface area contributed by atoms with Crippen molar-refractivity contribution in [3.63, 3.8) is 0 Å². The minimum absolute atomic E-state index is 0.567. The van der Waals surface area contributed by atoms with Crippen LogP contribution in [0.2, 0.25) is 0 Å². The van der Waals surface area contributed by atoms with Crippen LogP contribution in [0.5, 0.6) is 0 Å². The molecule has 2 N–H and O–H groups in total. The lowest BCUT2D eigenvalue weighted by Gasteiger charge is -2.21. The molecule has 1 aliphatic heterocycles. The van der Waals surface area contributed by atoms with Gasteiger partial charge in [-0.15, -0.1) is 0 Å². The molecule has 0 radical (unpaired) electrons. The van der Waals surface area contributed by atoms with Gasteiger partial charge >= 0.3 is 5.97 Å². The van der Waals surface area contributed by atoms with Crippen molar-refractivity contribution in [3.05, 3.63) is 11.3 Å². The van der Waals surface area contributed by atoms with Crippen molar-refractivity contribution in [1.29, 1.82) is 0 Å². The van der Waals surface area contributed by atoms with Crippen molar-refractivity contribution < 1.29 is 9.90 Å². The van der Waals surface area contributed by atoms with Crippen molar-refractivity contribution in [3.8, 4) is 0 Å². The van der Waals surface area contributed by atoms with Gasteiger partial charge in [0.2, 0.25) is 5.95 Å². The minimum Gasteiger partial charge on any atom is -0.480 e. The molecule has 1 saturated heterocycles. The third-order valence-electron chi connectivity index (χ3n) is 3.99. The average Bonchev–Trinajstić information content (AvgIpc) is 3.01. The number of anilines is 2. The van der Waals surface area contributed by atoms with Crippen molar-refractivity contribution in [1.82, 2.24) is 9.97 Å². The van der Waals surface area contributed by atoms with Gasteiger partial charge in [-0.1, -0.05) is 0 Å². The molecule has 6 nitrogen and oxygen atoms in total. The summed E-state index contributed by atoms with van der Waals surface area (Å²) in [5.74, 6) is 1.30. The lowest BCUT2D eigenvalue weighted by Crippen LogP contribution is -2.31. The summed E-state index contributed by atoms with van der Waals surface area (Å²) < 4.78 is 0. The average molecular weight is 324 g/mol. The van der Waals surface area contributed by atoms with E-state index in [1.54, 1.807) is 11.8 Å². The number of aliphatic carboxylic acids is 1. The normalized spacial score (nSPS) is 15.9. The number of carboxylic acids is 1. The van der Waals surface area contributed by atoms with Crippen molar-refractivity contribution in [2.45, 2.75) is 39.2 Å². The molecule has 1 fully saturated rings. The van der Waals surface area contributed by atoms with Gasteiger partial charge in [-0.2, -0.15) is 16.7 Å². The summed E-state index contributed by atoms with van der Waals surface area (Å²) >= 11 is 1.64. The molecule has 1 aliphatic rings. The topological polar surface area (TPSA) is 78.4 Å². The molecule has 0 amide bonds. The maximum absolute atomic E-state index is 11.4. The van der Waals surface area contributed by atoms with Gasteiger partial charge in [0.05, 0.1) is 0 Å². The molecule has 1 aromatic heterocycles. The molecule has 122 valence electrons. The Kier molecular flexibility index (Phi) is 5.88. The van der Waals surface area contributed by atoms with Gasteiger partial charge in [0.1, 0.15) is 11.9 Å². The van der Waals surface area contributed by atoms with Gasteiger partial charge < -0.3 is 15.3 Å². The summed E-state index contributed by atoms with van der Waals surface area (Å²) in [6.07, 6.45) is 4.86. The molecule has 2 heterocycles. The predicted octanol–water partition coefficient (Wildman–Crippen LogP) is 2.31. The summed E-state index contributed by atoms with van der Waals surface area (Å²) in [6, 6.07) is -0.619. The smallest absolute Gasteiger partial charge is 0.326 e. The Bertz CT molecular complexity index is 533. The lowest BCUT2D eigenvalue weighted by atomic mass is 10.2. The van der Waals surface area contributed by atoms with Gasteiger partial charge in [-0.3, -0.25) is 0 Å². The van der Waals surface area contributed by atoms with Gasteiger partial charge in [-0.25, -0.2) is 9.78 Å². The highest BCUT2D eigenvalue weighted by Crippen LogP contribution is 2.23. The van der Waals surface area contributed by atoms with Crippen LogP contribution in [0.25, 0.3) is 0 Å². The minimum atomic E-state index is -0.840. The number of thioether (sulfide) groups is 1. The number of nitrogens with one attached hydrogen (secondary N) is 1. The Balaban J connectivity index is 2.22. The lowest BCUT2D eigenvalue weighted by molar-refractivity contribution is -0.137. The van der Waals surface area contributed by atoms with Crippen LogP contribution in [0, 0.1) is 13.8 Å². The number of rotatable bonds is 7. The van der Waals surface area contributed by atoms with Gasteiger partial charge in [-0.05, 0) is 45.1 Å². The van der Waals surface area contributed by atoms with Crippen LogP contribution in [-0.4, -0.2) is 52.2 Å². The first-order valence-electron chi connectivity index (χ1n) is 7.61. The highest BCUT2D eigenvalue weighted by molar-refractivity contribution is 7.98. The first kappa shape index (κ1) is 16.9. The number of aromatic nitrogens is 2. The Labute approximate surface area is 135 Å². The highest BCUT2D eigenvalue weighted by atomic mass is 32.2. The second kappa shape index (κ2) is 7.67. The fourth-order valence-electron chi connectivity index (χ4n) is 2.47. The number of carboxylic acid groups (broad SMARTS) is 1. The van der Waals surface area contributed by atoms with E-state index in [1.807, 2.05) is 20.1 Å². The molecule has 0 unspecified atom stereocenters. The van der Waals surface area contributed by atoms with E-state index in [0.29, 0.717) is 18.2 Å². The molecule has 0 aromatic carbocycles. The zero-order valence-electron chi connectivity index (χ0n) is 13.4. The van der Waals surface area contributed by atoms with Crippen molar-refractivity contribution in [2.75, 3.05) is 35.3 Å². The Morgan fingerprint density at radius 1 is 1.36 bits per heavy atom. The van der Waals surface area contributed by atoms with E-state index in [4.69, 9.17) is 0 Å². The number of hydrogen-bond acceptors (Lipinski definition) is 6. The summed E-state index contributed by atoms with van der Waals surface area (Å²) in [6.45, 7) is 5.81. The summed E-state index contributed by atoms with van der Waals surface area (Å²) in [7, 11) is 0. The van der Waals surface area contributed by atoms with Crippen LogP contribution >= 0.6 is 11.8 Å². The van der Waals surface area contributed by atoms with Crippen LogP contribution < -0.4 is 10.2 Å². The third kappa shape index (κ3) is 4.03. The molecule has 0 spiro atoms. The van der Waals surface area contributed by atoms with E-state index >= 15 is 0 Å². The maximum atomic E-state index is 11.4. The Morgan fingerprint density at radius 3 is 2.64 bits per heavy atom. The largest absolute Gasteiger partial charge is 0.480 e. The van der Waals surface area contributed by atoms with Crippen molar-refractivity contribution >= 4 is 29.5 Å². The fraction of sp³-hybridized carbons (Fsp3) is 0.667. The number of nitrogens with zero attached hydrogens (tertiary/aromatic N) is 3. The molecule has 0 saturated carbocycles. The number of hydrogen-bond donors (Lipinski definition) is 2. The molecule has 1 aromatic rings.